The summed E-state index contributed by atoms with van der Waals surface area (Å²) in [6.45, 7) is -1.19. The minimum Gasteiger partial charge on any atom is -0.478 e. The maximum atomic E-state index is 13.1. The third-order valence-electron chi connectivity index (χ3n) is 3.95. The molecule has 30 heavy (non-hydrogen) atoms. The van der Waals surface area contributed by atoms with Crippen molar-refractivity contribution in [2.24, 2.45) is 0 Å². The van der Waals surface area contributed by atoms with Crippen LogP contribution in [0.3, 0.4) is 0 Å². The van der Waals surface area contributed by atoms with Crippen LogP contribution in [-0.4, -0.2) is 55.5 Å². The zero-order valence-electron chi connectivity index (χ0n) is 15.3. The van der Waals surface area contributed by atoms with Crippen LogP contribution in [0.1, 0.15) is 15.9 Å². The van der Waals surface area contributed by atoms with Crippen molar-refractivity contribution >= 4 is 29.3 Å². The molecule has 1 N–H and O–H groups in total. The third kappa shape index (κ3) is 4.17. The number of carboxylic acid groups (broad SMARTS) is 1. The molecule has 1 aromatic rings. The van der Waals surface area contributed by atoms with E-state index in [-0.39, 0.29) is 12.1 Å². The highest BCUT2D eigenvalue weighted by Gasteiger charge is 2.41. The quantitative estimate of drug-likeness (QED) is 0.413. The van der Waals surface area contributed by atoms with Crippen LogP contribution < -0.4 is 4.90 Å². The molecule has 0 amide bonds. The Morgan fingerprint density at radius 3 is 2.27 bits per heavy atom. The zero-order chi connectivity index (χ0) is 22.8. The summed E-state index contributed by atoms with van der Waals surface area (Å²) < 4.78 is 53.5. The molecule has 0 fully saturated rings. The van der Waals surface area contributed by atoms with E-state index in [1.807, 2.05) is 0 Å². The summed E-state index contributed by atoms with van der Waals surface area (Å²) in [7, 11) is 1.88. The van der Waals surface area contributed by atoms with Gasteiger partial charge in [-0.05, 0) is 6.07 Å². The van der Waals surface area contributed by atoms with Crippen LogP contribution in [0.2, 0.25) is 0 Å². The predicted molar refractivity (Wildman–Crippen MR) is 89.4 cm³/mol. The lowest BCUT2D eigenvalue weighted by Crippen LogP contribution is -2.40. The summed E-state index contributed by atoms with van der Waals surface area (Å²) in [6.07, 6.45) is -5.09. The monoisotopic (exact) mass is 434 g/mol. The summed E-state index contributed by atoms with van der Waals surface area (Å²) in [6, 6.07) is 0.287. The molecule has 0 unspecified atom stereocenters. The molecule has 0 aliphatic carbocycles. The minimum atomic E-state index is -5.09. The molecule has 0 aromatic heterocycles. The molecule has 162 valence electrons. The van der Waals surface area contributed by atoms with Gasteiger partial charge in [0.25, 0.3) is 5.69 Å². The van der Waals surface area contributed by atoms with E-state index < -0.39 is 76.1 Å². The molecule has 0 spiro atoms. The van der Waals surface area contributed by atoms with Crippen molar-refractivity contribution in [3.63, 3.8) is 0 Å². The average molecular weight is 434 g/mol. The fourth-order valence-corrected chi connectivity index (χ4v) is 2.69. The Kier molecular flexibility index (Phi) is 6.30. The number of hydrogen-bond acceptors (Lipinski definition) is 9. The lowest BCUT2D eigenvalue weighted by molar-refractivity contribution is -0.384. The van der Waals surface area contributed by atoms with Crippen molar-refractivity contribution in [2.75, 3.05) is 32.5 Å². The van der Waals surface area contributed by atoms with E-state index in [0.29, 0.717) is 4.90 Å². The number of hydrogen-bond donors (Lipinski definition) is 1. The number of carbonyl (C=O) groups excluding carboxylic acids is 2. The number of halogens is 3. The highest BCUT2D eigenvalue weighted by atomic mass is 19.4. The Labute approximate surface area is 165 Å². The second-order valence-electron chi connectivity index (χ2n) is 5.67. The van der Waals surface area contributed by atoms with Crippen LogP contribution in [0, 0.1) is 10.1 Å². The number of rotatable bonds is 5. The Morgan fingerprint density at radius 1 is 1.20 bits per heavy atom. The first-order valence-corrected chi connectivity index (χ1v) is 7.82. The van der Waals surface area contributed by atoms with Gasteiger partial charge in [0, 0.05) is 6.07 Å². The number of alkyl halides is 3. The predicted octanol–water partition coefficient (Wildman–Crippen LogP) is 1.71. The fourth-order valence-electron chi connectivity index (χ4n) is 2.69. The Bertz CT molecular complexity index is 921. The van der Waals surface area contributed by atoms with E-state index in [4.69, 9.17) is 4.74 Å². The number of nitro groups is 1. The van der Waals surface area contributed by atoms with Crippen LogP contribution in [0.25, 0.3) is 0 Å². The molecule has 0 saturated heterocycles. The Morgan fingerprint density at radius 2 is 1.80 bits per heavy atom. The van der Waals surface area contributed by atoms with Gasteiger partial charge in [-0.15, -0.1) is 0 Å². The van der Waals surface area contributed by atoms with Crippen LogP contribution in [0.4, 0.5) is 24.5 Å². The van der Waals surface area contributed by atoms with Gasteiger partial charge in [-0.1, -0.05) is 0 Å². The van der Waals surface area contributed by atoms with Gasteiger partial charge in [-0.3, -0.25) is 10.1 Å². The first-order chi connectivity index (χ1) is 13.9. The van der Waals surface area contributed by atoms with Crippen molar-refractivity contribution < 1.29 is 51.8 Å². The molecule has 14 heteroatoms. The zero-order valence-corrected chi connectivity index (χ0v) is 15.3. The number of esters is 2. The molecule has 0 bridgehead atoms. The summed E-state index contributed by atoms with van der Waals surface area (Å²) in [5.41, 5.74) is -6.06. The molecule has 0 saturated carbocycles. The van der Waals surface area contributed by atoms with Gasteiger partial charge in [0.2, 0.25) is 0 Å². The largest absolute Gasteiger partial charge is 0.478 e. The molecular formula is C16H13F3N2O9. The number of carboxylic acids is 1. The first-order valence-electron chi connectivity index (χ1n) is 7.82. The van der Waals surface area contributed by atoms with Crippen LogP contribution in [-0.2, 0) is 30.0 Å². The topological polar surface area (TPSA) is 146 Å². The van der Waals surface area contributed by atoms with E-state index >= 15 is 0 Å². The molecular weight excluding hydrogens is 421 g/mol. The maximum Gasteiger partial charge on any atom is 0.416 e. The van der Waals surface area contributed by atoms with E-state index in [9.17, 15) is 42.8 Å². The number of benzene rings is 1. The van der Waals surface area contributed by atoms with Gasteiger partial charge >= 0.3 is 24.1 Å². The standard InChI is InChI=1S/C16H13F3N2O9/c1-28-14(24)9-5-30-6-20(12(9)15(25)29-2)11-8(13(22)23)3-7(16(17,18)19)4-10(11)21(26)27/h3-4H,5-6H2,1-2H3,(H,22,23). The van der Waals surface area contributed by atoms with Gasteiger partial charge in [-0.25, -0.2) is 14.4 Å². The number of methoxy groups -OCH3 is 2. The first kappa shape index (κ1) is 22.6. The van der Waals surface area contributed by atoms with Gasteiger partial charge in [-0.2, -0.15) is 13.2 Å². The number of carbonyl (C=O) groups is 3. The van der Waals surface area contributed by atoms with Crippen molar-refractivity contribution in [2.45, 2.75) is 6.18 Å². The number of ether oxygens (including phenoxy) is 3. The second kappa shape index (κ2) is 8.36. The summed E-state index contributed by atoms with van der Waals surface area (Å²) >= 11 is 0. The highest BCUT2D eigenvalue weighted by Crippen LogP contribution is 2.41. The van der Waals surface area contributed by atoms with Crippen molar-refractivity contribution in [1.29, 1.82) is 0 Å². The summed E-state index contributed by atoms with van der Waals surface area (Å²) in [5, 5.41) is 20.9. The second-order valence-corrected chi connectivity index (χ2v) is 5.67. The van der Waals surface area contributed by atoms with Crippen LogP contribution >= 0.6 is 0 Å². The lowest BCUT2D eigenvalue weighted by Gasteiger charge is -2.31. The van der Waals surface area contributed by atoms with Gasteiger partial charge in [0.15, 0.2) is 0 Å². The van der Waals surface area contributed by atoms with E-state index in [1.165, 1.54) is 0 Å². The van der Waals surface area contributed by atoms with Crippen LogP contribution in [0.5, 0.6) is 0 Å². The Hall–Kier alpha value is -3.68. The van der Waals surface area contributed by atoms with E-state index in [0.717, 1.165) is 14.2 Å². The molecule has 0 atom stereocenters. The van der Waals surface area contributed by atoms with Gasteiger partial charge in [0.1, 0.15) is 18.1 Å². The van der Waals surface area contributed by atoms with Crippen molar-refractivity contribution in [3.05, 3.63) is 44.6 Å². The fraction of sp³-hybridized carbons (Fsp3) is 0.312. The van der Waals surface area contributed by atoms with Crippen molar-refractivity contribution in [3.8, 4) is 0 Å². The molecule has 11 nitrogen and oxygen atoms in total. The SMILES string of the molecule is COC(=O)C1=C(C(=O)OC)N(c2c(C(=O)O)cc(C(F)(F)F)cc2[N+](=O)[O-])COC1. The van der Waals surface area contributed by atoms with Crippen LogP contribution in [0.15, 0.2) is 23.4 Å². The maximum absolute atomic E-state index is 13.1. The lowest BCUT2D eigenvalue weighted by atomic mass is 10.0. The molecule has 1 aliphatic rings. The highest BCUT2D eigenvalue weighted by molar-refractivity contribution is 6.06. The number of anilines is 1. The molecule has 1 heterocycles. The molecule has 1 aromatic carbocycles. The van der Waals surface area contributed by atoms with E-state index in [1.54, 1.807) is 0 Å². The van der Waals surface area contributed by atoms with Crippen molar-refractivity contribution in [1.82, 2.24) is 0 Å². The Balaban J connectivity index is 2.92. The molecule has 0 radical (unpaired) electrons. The normalized spacial score (nSPS) is 14.4. The third-order valence-corrected chi connectivity index (χ3v) is 3.95. The number of nitrogens with zero attached hydrogens (tertiary/aromatic N) is 2. The van der Waals surface area contributed by atoms with E-state index in [2.05, 4.69) is 9.47 Å². The number of aromatic carboxylic acids is 1. The van der Waals surface area contributed by atoms with Gasteiger partial charge < -0.3 is 24.2 Å². The van der Waals surface area contributed by atoms with Gasteiger partial charge in [0.05, 0.1) is 42.4 Å². The summed E-state index contributed by atoms with van der Waals surface area (Å²) in [5.74, 6) is -4.26. The number of nitro benzene ring substituents is 1. The average Bonchev–Trinajstić information content (AvgIpc) is 2.70. The molecule has 1 aliphatic heterocycles. The molecule has 2 rings (SSSR count). The minimum absolute atomic E-state index is 0.114. The smallest absolute Gasteiger partial charge is 0.416 e. The summed E-state index contributed by atoms with van der Waals surface area (Å²) in [4.78, 5) is 46.8.